The van der Waals surface area contributed by atoms with Gasteiger partial charge in [-0.05, 0) is 12.1 Å². The monoisotopic (exact) mass is 362 g/mol. The number of hydrogen-bond acceptors (Lipinski definition) is 5. The molecule has 130 valence electrons. The summed E-state index contributed by atoms with van der Waals surface area (Å²) in [5, 5.41) is 3.49. The Kier molecular flexibility index (Phi) is 5.71. The highest BCUT2D eigenvalue weighted by atomic mass is 32.2. The summed E-state index contributed by atoms with van der Waals surface area (Å²) in [7, 11) is 0. The maximum Gasteiger partial charge on any atom is 0.405 e. The number of thioether (sulfide) groups is 1. The molecule has 1 aliphatic heterocycles. The minimum atomic E-state index is -4.54. The lowest BCUT2D eigenvalue weighted by Gasteiger charge is -2.23. The van der Waals surface area contributed by atoms with E-state index in [-0.39, 0.29) is 12.3 Å². The van der Waals surface area contributed by atoms with E-state index in [1.807, 2.05) is 0 Å². The molecule has 1 unspecified atom stereocenters. The second kappa shape index (κ2) is 7.56. The number of benzene rings is 1. The van der Waals surface area contributed by atoms with Crippen LogP contribution in [0.15, 0.2) is 29.2 Å². The van der Waals surface area contributed by atoms with Crippen LogP contribution in [-0.2, 0) is 19.1 Å². The molecular formula is C14H13F3N2O4S. The number of nitrogens with one attached hydrogen (secondary N) is 2. The SMILES string of the molecule is O=C(COC(=O)CC1Sc2ccccc2NC1=O)NCC(F)(F)F. The topological polar surface area (TPSA) is 84.5 Å². The molecule has 1 atom stereocenters. The summed E-state index contributed by atoms with van der Waals surface area (Å²) in [5.74, 6) is -2.28. The van der Waals surface area contributed by atoms with Gasteiger partial charge < -0.3 is 15.4 Å². The molecule has 1 aromatic carbocycles. The van der Waals surface area contributed by atoms with Gasteiger partial charge in [-0.1, -0.05) is 12.1 Å². The smallest absolute Gasteiger partial charge is 0.405 e. The third-order valence-electron chi connectivity index (χ3n) is 2.91. The molecule has 0 saturated heterocycles. The van der Waals surface area contributed by atoms with E-state index in [2.05, 4.69) is 10.1 Å². The molecule has 0 aliphatic carbocycles. The van der Waals surface area contributed by atoms with Gasteiger partial charge in [-0.2, -0.15) is 13.2 Å². The van der Waals surface area contributed by atoms with Crippen molar-refractivity contribution in [2.45, 2.75) is 22.7 Å². The highest BCUT2D eigenvalue weighted by Crippen LogP contribution is 2.36. The number of carbonyl (C=O) groups excluding carboxylic acids is 3. The Morgan fingerprint density at radius 2 is 2.00 bits per heavy atom. The molecule has 0 fully saturated rings. The molecule has 1 heterocycles. The van der Waals surface area contributed by atoms with Crippen LogP contribution in [0, 0.1) is 0 Å². The summed E-state index contributed by atoms with van der Waals surface area (Å²) in [6.07, 6.45) is -4.83. The minimum Gasteiger partial charge on any atom is -0.456 e. The fraction of sp³-hybridized carbons (Fsp3) is 0.357. The number of carbonyl (C=O) groups is 3. The Balaban J connectivity index is 1.79. The van der Waals surface area contributed by atoms with Gasteiger partial charge in [0.2, 0.25) is 5.91 Å². The van der Waals surface area contributed by atoms with Gasteiger partial charge >= 0.3 is 12.1 Å². The van der Waals surface area contributed by atoms with Gasteiger partial charge in [-0.3, -0.25) is 14.4 Å². The Morgan fingerprint density at radius 1 is 1.29 bits per heavy atom. The van der Waals surface area contributed by atoms with Crippen molar-refractivity contribution in [1.29, 1.82) is 0 Å². The number of ether oxygens (including phenoxy) is 1. The van der Waals surface area contributed by atoms with Gasteiger partial charge in [0, 0.05) is 4.90 Å². The number of halogens is 3. The van der Waals surface area contributed by atoms with E-state index in [0.29, 0.717) is 5.69 Å². The van der Waals surface area contributed by atoms with Gasteiger partial charge in [-0.15, -0.1) is 11.8 Å². The van der Waals surface area contributed by atoms with Crippen LogP contribution in [0.4, 0.5) is 18.9 Å². The van der Waals surface area contributed by atoms with E-state index in [1.54, 1.807) is 29.6 Å². The number of para-hydroxylation sites is 1. The number of fused-ring (bicyclic) bond motifs is 1. The van der Waals surface area contributed by atoms with Gasteiger partial charge in [0.1, 0.15) is 6.54 Å². The molecule has 2 N–H and O–H groups in total. The fourth-order valence-electron chi connectivity index (χ4n) is 1.83. The lowest BCUT2D eigenvalue weighted by Crippen LogP contribution is -2.37. The lowest BCUT2D eigenvalue weighted by atomic mass is 10.2. The first kappa shape index (κ1) is 18.1. The van der Waals surface area contributed by atoms with E-state index in [1.165, 1.54) is 11.8 Å². The van der Waals surface area contributed by atoms with Crippen LogP contribution in [0.3, 0.4) is 0 Å². The van der Waals surface area contributed by atoms with Crippen molar-refractivity contribution in [3.05, 3.63) is 24.3 Å². The number of rotatable bonds is 5. The van der Waals surface area contributed by atoms with E-state index in [0.717, 1.165) is 4.90 Å². The molecule has 10 heteroatoms. The zero-order valence-corrected chi connectivity index (χ0v) is 13.0. The summed E-state index contributed by atoms with van der Waals surface area (Å²) in [4.78, 5) is 35.5. The van der Waals surface area contributed by atoms with Crippen molar-refractivity contribution < 1.29 is 32.3 Å². The number of hydrogen-bond donors (Lipinski definition) is 2. The van der Waals surface area contributed by atoms with Gasteiger partial charge in [0.05, 0.1) is 17.4 Å². The highest BCUT2D eigenvalue weighted by molar-refractivity contribution is 8.01. The Morgan fingerprint density at radius 3 is 2.71 bits per heavy atom. The van der Waals surface area contributed by atoms with Crippen LogP contribution >= 0.6 is 11.8 Å². The second-order valence-electron chi connectivity index (χ2n) is 4.85. The van der Waals surface area contributed by atoms with Crippen molar-refractivity contribution in [1.82, 2.24) is 5.32 Å². The highest BCUT2D eigenvalue weighted by Gasteiger charge is 2.30. The Bertz CT molecular complexity index is 651. The second-order valence-corrected chi connectivity index (χ2v) is 6.09. The number of amides is 2. The predicted molar refractivity (Wildman–Crippen MR) is 79.4 cm³/mol. The zero-order valence-electron chi connectivity index (χ0n) is 12.2. The molecule has 0 saturated carbocycles. The third kappa shape index (κ3) is 5.44. The lowest BCUT2D eigenvalue weighted by molar-refractivity contribution is -0.151. The van der Waals surface area contributed by atoms with Crippen molar-refractivity contribution in [3.8, 4) is 0 Å². The van der Waals surface area contributed by atoms with E-state index < -0.39 is 36.5 Å². The molecule has 0 bridgehead atoms. The molecule has 0 aromatic heterocycles. The molecule has 1 aromatic rings. The van der Waals surface area contributed by atoms with Crippen LogP contribution < -0.4 is 10.6 Å². The maximum absolute atomic E-state index is 11.9. The standard InChI is InChI=1S/C14H13F3N2O4S/c15-14(16,17)7-18-11(20)6-23-12(21)5-10-13(22)19-8-3-1-2-4-9(8)24-10/h1-4,10H,5-7H2,(H,18,20)(H,19,22). The molecule has 24 heavy (non-hydrogen) atoms. The number of anilines is 1. The molecule has 6 nitrogen and oxygen atoms in total. The molecule has 2 rings (SSSR count). The van der Waals surface area contributed by atoms with Gasteiger partial charge in [-0.25, -0.2) is 0 Å². The largest absolute Gasteiger partial charge is 0.456 e. The van der Waals surface area contributed by atoms with E-state index >= 15 is 0 Å². The van der Waals surface area contributed by atoms with Crippen molar-refractivity contribution >= 4 is 35.2 Å². The van der Waals surface area contributed by atoms with Gasteiger partial charge in [0.15, 0.2) is 6.61 Å². The van der Waals surface area contributed by atoms with E-state index in [9.17, 15) is 27.6 Å². The molecule has 0 radical (unpaired) electrons. The van der Waals surface area contributed by atoms with Crippen LogP contribution in [-0.4, -0.2) is 42.4 Å². The number of alkyl halides is 3. The summed E-state index contributed by atoms with van der Waals surface area (Å²) < 4.78 is 40.4. The normalized spacial score (nSPS) is 16.8. The van der Waals surface area contributed by atoms with Crippen LogP contribution in [0.2, 0.25) is 0 Å². The summed E-state index contributed by atoms with van der Waals surface area (Å²) >= 11 is 1.18. The minimum absolute atomic E-state index is 0.294. The number of esters is 1. The van der Waals surface area contributed by atoms with Crippen LogP contribution in [0.5, 0.6) is 0 Å². The first-order valence-electron chi connectivity index (χ1n) is 6.80. The predicted octanol–water partition coefficient (Wildman–Crippen LogP) is 1.71. The van der Waals surface area contributed by atoms with Gasteiger partial charge in [0.25, 0.3) is 5.91 Å². The van der Waals surface area contributed by atoms with Crippen LogP contribution in [0.1, 0.15) is 6.42 Å². The third-order valence-corrected chi connectivity index (χ3v) is 4.18. The summed E-state index contributed by atoms with van der Waals surface area (Å²) in [5.41, 5.74) is 0.642. The maximum atomic E-state index is 11.9. The molecule has 0 spiro atoms. The van der Waals surface area contributed by atoms with Crippen molar-refractivity contribution in [2.24, 2.45) is 0 Å². The molecule has 1 aliphatic rings. The molecule has 2 amide bonds. The average molecular weight is 362 g/mol. The quantitative estimate of drug-likeness (QED) is 0.779. The van der Waals surface area contributed by atoms with Crippen molar-refractivity contribution in [2.75, 3.05) is 18.5 Å². The fourth-order valence-corrected chi connectivity index (χ4v) is 2.93. The first-order chi connectivity index (χ1) is 11.2. The zero-order chi connectivity index (χ0) is 17.7. The molecular weight excluding hydrogens is 349 g/mol. The van der Waals surface area contributed by atoms with E-state index in [4.69, 9.17) is 0 Å². The average Bonchev–Trinajstić information content (AvgIpc) is 2.51. The Labute approximate surface area is 139 Å². The van der Waals surface area contributed by atoms with Crippen molar-refractivity contribution in [3.63, 3.8) is 0 Å². The first-order valence-corrected chi connectivity index (χ1v) is 7.68. The van der Waals surface area contributed by atoms with Crippen LogP contribution in [0.25, 0.3) is 0 Å². The summed E-state index contributed by atoms with van der Waals surface area (Å²) in [6.45, 7) is -2.33. The Hall–Kier alpha value is -2.23. The summed E-state index contributed by atoms with van der Waals surface area (Å²) in [6, 6.07) is 7.04.